The van der Waals surface area contributed by atoms with Crippen molar-refractivity contribution in [3.63, 3.8) is 0 Å². The monoisotopic (exact) mass is 291 g/mol. The Hall–Kier alpha value is -1.67. The lowest BCUT2D eigenvalue weighted by Crippen LogP contribution is -2.20. The molecule has 0 aliphatic carbocycles. The molecule has 0 aromatic heterocycles. The predicted molar refractivity (Wildman–Crippen MR) is 67.3 cm³/mol. The van der Waals surface area contributed by atoms with E-state index in [-0.39, 0.29) is 18.8 Å². The number of hydrogen-bond donors (Lipinski definition) is 2. The number of carboxylic acids is 1. The van der Waals surface area contributed by atoms with Crippen molar-refractivity contribution in [3.05, 3.63) is 29.6 Å². The molecule has 0 aliphatic rings. The molecule has 8 heteroatoms. The molecule has 0 unspecified atom stereocenters. The fourth-order valence-electron chi connectivity index (χ4n) is 1.41. The van der Waals surface area contributed by atoms with E-state index in [0.717, 1.165) is 12.1 Å². The van der Waals surface area contributed by atoms with Gasteiger partial charge in [0.15, 0.2) is 0 Å². The number of rotatable bonds is 7. The molecule has 0 amide bonds. The van der Waals surface area contributed by atoms with Crippen LogP contribution in [0, 0.1) is 5.82 Å². The number of carbonyl (C=O) groups is 1. The van der Waals surface area contributed by atoms with Crippen molar-refractivity contribution < 1.29 is 27.4 Å². The van der Waals surface area contributed by atoms with E-state index in [1.54, 1.807) is 0 Å². The lowest BCUT2D eigenvalue weighted by molar-refractivity contribution is 0.0697. The van der Waals surface area contributed by atoms with Crippen LogP contribution >= 0.6 is 0 Å². The summed E-state index contributed by atoms with van der Waals surface area (Å²) in [7, 11) is -2.39. The minimum atomic E-state index is -3.82. The summed E-state index contributed by atoms with van der Waals surface area (Å²) >= 11 is 0. The molecule has 0 saturated carbocycles. The second-order valence-electron chi connectivity index (χ2n) is 3.73. The number of anilines is 1. The maximum Gasteiger partial charge on any atom is 0.337 e. The van der Waals surface area contributed by atoms with E-state index < -0.39 is 33.1 Å². The SMILES string of the molecule is COCCCS(=O)(=O)Nc1c(F)cccc1C(=O)O. The van der Waals surface area contributed by atoms with E-state index in [0.29, 0.717) is 0 Å². The smallest absolute Gasteiger partial charge is 0.337 e. The van der Waals surface area contributed by atoms with E-state index in [4.69, 9.17) is 9.84 Å². The molecule has 0 atom stereocenters. The highest BCUT2D eigenvalue weighted by Crippen LogP contribution is 2.21. The number of sulfonamides is 1. The number of methoxy groups -OCH3 is 1. The van der Waals surface area contributed by atoms with Crippen LogP contribution in [0.25, 0.3) is 0 Å². The lowest BCUT2D eigenvalue weighted by atomic mass is 10.2. The summed E-state index contributed by atoms with van der Waals surface area (Å²) < 4.78 is 43.5. The predicted octanol–water partition coefficient (Wildman–Crippen LogP) is 1.30. The molecule has 0 radical (unpaired) electrons. The Bertz CT molecular complexity index is 558. The molecule has 0 fully saturated rings. The summed E-state index contributed by atoms with van der Waals surface area (Å²) in [5, 5.41) is 8.88. The first-order valence-corrected chi connectivity index (χ1v) is 7.04. The summed E-state index contributed by atoms with van der Waals surface area (Å²) in [6, 6.07) is 3.30. The van der Waals surface area contributed by atoms with Gasteiger partial charge in [0.1, 0.15) is 5.82 Å². The summed E-state index contributed by atoms with van der Waals surface area (Å²) in [6.45, 7) is 0.240. The zero-order valence-corrected chi connectivity index (χ0v) is 11.0. The fourth-order valence-corrected chi connectivity index (χ4v) is 2.52. The summed E-state index contributed by atoms with van der Waals surface area (Å²) in [5.41, 5.74) is -0.984. The zero-order chi connectivity index (χ0) is 14.5. The molecule has 0 heterocycles. The molecular weight excluding hydrogens is 277 g/mol. The second-order valence-corrected chi connectivity index (χ2v) is 5.58. The summed E-state index contributed by atoms with van der Waals surface area (Å²) in [4.78, 5) is 10.9. The highest BCUT2D eigenvalue weighted by atomic mass is 32.2. The largest absolute Gasteiger partial charge is 0.478 e. The first-order chi connectivity index (χ1) is 8.87. The van der Waals surface area contributed by atoms with Crippen molar-refractivity contribution in [2.24, 2.45) is 0 Å². The van der Waals surface area contributed by atoms with Crippen LogP contribution in [0.1, 0.15) is 16.8 Å². The van der Waals surface area contributed by atoms with Crippen molar-refractivity contribution in [2.75, 3.05) is 24.2 Å². The number of carboxylic acid groups (broad SMARTS) is 1. The van der Waals surface area contributed by atoms with Crippen LogP contribution < -0.4 is 4.72 Å². The van der Waals surface area contributed by atoms with Crippen LogP contribution in [-0.2, 0) is 14.8 Å². The number of hydrogen-bond acceptors (Lipinski definition) is 4. The molecular formula is C11H14FNO5S. The Morgan fingerprint density at radius 1 is 1.47 bits per heavy atom. The molecule has 1 aromatic carbocycles. The molecule has 0 bridgehead atoms. The van der Waals surface area contributed by atoms with Crippen LogP contribution in [0.3, 0.4) is 0 Å². The Morgan fingerprint density at radius 3 is 2.74 bits per heavy atom. The van der Waals surface area contributed by atoms with Crippen LogP contribution in [0.2, 0.25) is 0 Å². The van der Waals surface area contributed by atoms with Gasteiger partial charge in [-0.05, 0) is 18.6 Å². The topological polar surface area (TPSA) is 92.7 Å². The standard InChI is InChI=1S/C11H14FNO5S/c1-18-6-3-7-19(16,17)13-10-8(11(14)15)4-2-5-9(10)12/h2,4-5,13H,3,6-7H2,1H3,(H,14,15). The number of nitrogens with one attached hydrogen (secondary N) is 1. The maximum atomic E-state index is 13.5. The minimum absolute atomic E-state index is 0.225. The van der Waals surface area contributed by atoms with E-state index in [1.165, 1.54) is 13.2 Å². The van der Waals surface area contributed by atoms with Gasteiger partial charge in [0, 0.05) is 13.7 Å². The Labute approximate surface area is 110 Å². The van der Waals surface area contributed by atoms with Gasteiger partial charge in [-0.25, -0.2) is 17.6 Å². The average molecular weight is 291 g/mol. The van der Waals surface area contributed by atoms with Gasteiger partial charge in [-0.3, -0.25) is 4.72 Å². The minimum Gasteiger partial charge on any atom is -0.478 e. The van der Waals surface area contributed by atoms with Gasteiger partial charge in [0.25, 0.3) is 0 Å². The van der Waals surface area contributed by atoms with Crippen molar-refractivity contribution >= 4 is 21.7 Å². The van der Waals surface area contributed by atoms with Crippen molar-refractivity contribution in [3.8, 4) is 0 Å². The highest BCUT2D eigenvalue weighted by molar-refractivity contribution is 7.92. The first kappa shape index (κ1) is 15.4. The molecule has 106 valence electrons. The van der Waals surface area contributed by atoms with Gasteiger partial charge in [-0.2, -0.15) is 0 Å². The van der Waals surface area contributed by atoms with Gasteiger partial charge in [0.05, 0.1) is 17.0 Å². The number of ether oxygens (including phenoxy) is 1. The third-order valence-electron chi connectivity index (χ3n) is 2.26. The third-order valence-corrected chi connectivity index (χ3v) is 3.60. The molecule has 0 saturated heterocycles. The molecule has 1 rings (SSSR count). The van der Waals surface area contributed by atoms with Crippen molar-refractivity contribution in [2.45, 2.75) is 6.42 Å². The van der Waals surface area contributed by atoms with Crippen LogP contribution in [-0.4, -0.2) is 39.0 Å². The highest BCUT2D eigenvalue weighted by Gasteiger charge is 2.19. The van der Waals surface area contributed by atoms with Gasteiger partial charge in [-0.1, -0.05) is 6.07 Å². The molecule has 6 nitrogen and oxygen atoms in total. The summed E-state index contributed by atoms with van der Waals surface area (Å²) in [6.07, 6.45) is 0.225. The van der Waals surface area contributed by atoms with Gasteiger partial charge >= 0.3 is 5.97 Å². The summed E-state index contributed by atoms with van der Waals surface area (Å²) in [5.74, 6) is -2.63. The average Bonchev–Trinajstić information content (AvgIpc) is 2.31. The molecule has 1 aromatic rings. The van der Waals surface area contributed by atoms with E-state index >= 15 is 0 Å². The Morgan fingerprint density at radius 2 is 2.16 bits per heavy atom. The van der Waals surface area contributed by atoms with Gasteiger partial charge < -0.3 is 9.84 Å². The Kier molecular flexibility index (Phi) is 5.25. The number of halogens is 1. The number of para-hydroxylation sites is 1. The first-order valence-electron chi connectivity index (χ1n) is 5.38. The van der Waals surface area contributed by atoms with Crippen LogP contribution in [0.5, 0.6) is 0 Å². The zero-order valence-electron chi connectivity index (χ0n) is 10.2. The van der Waals surface area contributed by atoms with Gasteiger partial charge in [0.2, 0.25) is 10.0 Å². The Balaban J connectivity index is 2.95. The normalized spacial score (nSPS) is 11.3. The molecule has 19 heavy (non-hydrogen) atoms. The third kappa shape index (κ3) is 4.49. The molecule has 0 spiro atoms. The molecule has 0 aliphatic heterocycles. The van der Waals surface area contributed by atoms with E-state index in [1.807, 2.05) is 4.72 Å². The number of aromatic carboxylic acids is 1. The van der Waals surface area contributed by atoms with Crippen LogP contribution in [0.4, 0.5) is 10.1 Å². The fraction of sp³-hybridized carbons (Fsp3) is 0.364. The molecule has 2 N–H and O–H groups in total. The maximum absolute atomic E-state index is 13.5. The number of benzene rings is 1. The van der Waals surface area contributed by atoms with E-state index in [2.05, 4.69) is 0 Å². The van der Waals surface area contributed by atoms with Gasteiger partial charge in [-0.15, -0.1) is 0 Å². The van der Waals surface area contributed by atoms with Crippen molar-refractivity contribution in [1.29, 1.82) is 0 Å². The quantitative estimate of drug-likeness (QED) is 0.739. The van der Waals surface area contributed by atoms with Crippen molar-refractivity contribution in [1.82, 2.24) is 0 Å². The lowest BCUT2D eigenvalue weighted by Gasteiger charge is -2.11. The second kappa shape index (κ2) is 6.48. The van der Waals surface area contributed by atoms with E-state index in [9.17, 15) is 17.6 Å². The van der Waals surface area contributed by atoms with Crippen LogP contribution in [0.15, 0.2) is 18.2 Å².